The van der Waals surface area contributed by atoms with Crippen LogP contribution in [-0.2, 0) is 0 Å². The van der Waals surface area contributed by atoms with Gasteiger partial charge in [-0.25, -0.2) is 0 Å². The van der Waals surface area contributed by atoms with Crippen LogP contribution in [0.3, 0.4) is 0 Å². The molecule has 1 heterocycles. The minimum atomic E-state index is -0.0574. The maximum Gasteiger partial charge on any atom is 0.253 e. The molecule has 2 aromatic rings. The smallest absolute Gasteiger partial charge is 0.253 e. The lowest BCUT2D eigenvalue weighted by Crippen LogP contribution is -2.23. The molecule has 0 aliphatic heterocycles. The van der Waals surface area contributed by atoms with Gasteiger partial charge < -0.3 is 9.88 Å². The van der Waals surface area contributed by atoms with Gasteiger partial charge in [-0.15, -0.1) is 6.58 Å². The van der Waals surface area contributed by atoms with E-state index in [4.69, 9.17) is 0 Å². The van der Waals surface area contributed by atoms with Crippen molar-refractivity contribution in [2.45, 2.75) is 33.6 Å². The molecular weight excluding hydrogens is 272 g/mol. The molecule has 1 aromatic carbocycles. The van der Waals surface area contributed by atoms with E-state index in [1.54, 1.807) is 6.08 Å². The summed E-state index contributed by atoms with van der Waals surface area (Å²) in [4.78, 5) is 12.2. The van der Waals surface area contributed by atoms with Crippen molar-refractivity contribution in [1.82, 2.24) is 9.88 Å². The molecule has 1 N–H and O–H groups in total. The number of nitrogens with one attached hydrogen (secondary N) is 1. The Bertz CT molecular complexity index is 678. The summed E-state index contributed by atoms with van der Waals surface area (Å²) in [6.07, 6.45) is 1.68. The highest BCUT2D eigenvalue weighted by Gasteiger charge is 2.16. The van der Waals surface area contributed by atoms with E-state index in [1.807, 2.05) is 19.9 Å². The van der Waals surface area contributed by atoms with Gasteiger partial charge in [0.2, 0.25) is 0 Å². The van der Waals surface area contributed by atoms with Crippen LogP contribution in [0.5, 0.6) is 0 Å². The van der Waals surface area contributed by atoms with Crippen molar-refractivity contribution in [1.29, 1.82) is 0 Å². The van der Waals surface area contributed by atoms with Crippen molar-refractivity contribution < 1.29 is 4.79 Å². The fraction of sp³-hybridized carbons (Fsp3) is 0.316. The fourth-order valence-corrected chi connectivity index (χ4v) is 2.66. The number of hydrogen-bond acceptors (Lipinski definition) is 1. The molecule has 0 bridgehead atoms. The second-order valence-corrected chi connectivity index (χ2v) is 5.87. The summed E-state index contributed by atoms with van der Waals surface area (Å²) in [5.41, 5.74) is 5.12. The summed E-state index contributed by atoms with van der Waals surface area (Å²) in [6.45, 7) is 12.5. The molecular formula is C19H24N2O. The maximum atomic E-state index is 12.2. The number of carbonyl (C=O) groups excluding carboxylic acids is 1. The average molecular weight is 296 g/mol. The number of aromatic nitrogens is 1. The van der Waals surface area contributed by atoms with Crippen LogP contribution in [0.2, 0.25) is 0 Å². The lowest BCUT2D eigenvalue weighted by molar-refractivity contribution is 0.0957. The Hall–Kier alpha value is -2.29. The van der Waals surface area contributed by atoms with Crippen molar-refractivity contribution in [3.8, 4) is 5.69 Å². The molecule has 116 valence electrons. The zero-order valence-electron chi connectivity index (χ0n) is 13.8. The zero-order valence-corrected chi connectivity index (χ0v) is 13.8. The van der Waals surface area contributed by atoms with E-state index in [0.29, 0.717) is 18.0 Å². The largest absolute Gasteiger partial charge is 0.349 e. The average Bonchev–Trinajstić information content (AvgIpc) is 2.80. The third-order valence-electron chi connectivity index (χ3n) is 3.90. The molecule has 1 amide bonds. The Kier molecular flexibility index (Phi) is 4.86. The van der Waals surface area contributed by atoms with Crippen LogP contribution >= 0.6 is 0 Å². The molecule has 0 fully saturated rings. The maximum absolute atomic E-state index is 12.2. The molecule has 0 spiro atoms. The van der Waals surface area contributed by atoms with Gasteiger partial charge >= 0.3 is 0 Å². The van der Waals surface area contributed by atoms with Crippen molar-refractivity contribution in [3.63, 3.8) is 0 Å². The van der Waals surface area contributed by atoms with E-state index in [9.17, 15) is 4.79 Å². The van der Waals surface area contributed by atoms with Crippen molar-refractivity contribution in [3.05, 3.63) is 65.5 Å². The number of amides is 1. The third-order valence-corrected chi connectivity index (χ3v) is 3.90. The molecule has 3 nitrogen and oxygen atoms in total. The summed E-state index contributed by atoms with van der Waals surface area (Å²) < 4.78 is 2.12. The number of benzene rings is 1. The monoisotopic (exact) mass is 296 g/mol. The molecule has 0 saturated heterocycles. The summed E-state index contributed by atoms with van der Waals surface area (Å²) >= 11 is 0. The topological polar surface area (TPSA) is 34.0 Å². The predicted molar refractivity (Wildman–Crippen MR) is 91.9 cm³/mol. The highest BCUT2D eigenvalue weighted by atomic mass is 16.1. The lowest BCUT2D eigenvalue weighted by Gasteiger charge is -2.12. The molecule has 3 heteroatoms. The molecule has 2 rings (SSSR count). The summed E-state index contributed by atoms with van der Waals surface area (Å²) in [5, 5.41) is 2.84. The van der Waals surface area contributed by atoms with E-state index >= 15 is 0 Å². The van der Waals surface area contributed by atoms with E-state index in [2.05, 4.69) is 54.6 Å². The van der Waals surface area contributed by atoms with E-state index in [1.165, 1.54) is 5.56 Å². The second-order valence-electron chi connectivity index (χ2n) is 5.87. The quantitative estimate of drug-likeness (QED) is 0.827. The van der Waals surface area contributed by atoms with Crippen LogP contribution in [0, 0.1) is 13.8 Å². The summed E-state index contributed by atoms with van der Waals surface area (Å²) in [5.74, 6) is 0.458. The highest BCUT2D eigenvalue weighted by Crippen LogP contribution is 2.23. The van der Waals surface area contributed by atoms with Gasteiger partial charge in [-0.1, -0.05) is 32.1 Å². The molecule has 0 aliphatic rings. The zero-order chi connectivity index (χ0) is 16.3. The van der Waals surface area contributed by atoms with Crippen LogP contribution in [0.25, 0.3) is 5.69 Å². The Labute approximate surface area is 132 Å². The van der Waals surface area contributed by atoms with Crippen molar-refractivity contribution in [2.75, 3.05) is 6.54 Å². The van der Waals surface area contributed by atoms with E-state index < -0.39 is 0 Å². The first kappa shape index (κ1) is 16.1. The van der Waals surface area contributed by atoms with Gasteiger partial charge in [0.05, 0.1) is 5.56 Å². The number of rotatable bonds is 5. The molecule has 22 heavy (non-hydrogen) atoms. The Balaban J connectivity index is 2.37. The van der Waals surface area contributed by atoms with Crippen molar-refractivity contribution >= 4 is 5.91 Å². The normalized spacial score (nSPS) is 10.8. The van der Waals surface area contributed by atoms with Gasteiger partial charge in [0.25, 0.3) is 5.91 Å². The van der Waals surface area contributed by atoms with Gasteiger partial charge in [0, 0.05) is 23.6 Å². The number of hydrogen-bond donors (Lipinski definition) is 1. The Morgan fingerprint density at radius 1 is 1.27 bits per heavy atom. The first-order chi connectivity index (χ1) is 10.5. The highest BCUT2D eigenvalue weighted by molar-refractivity contribution is 5.96. The SMILES string of the molecule is C=CCNC(=O)c1cc(C)n(-c2ccc(C(C)C)cc2)c1C. The van der Waals surface area contributed by atoms with Gasteiger partial charge in [-0.3, -0.25) is 4.79 Å². The van der Waals surface area contributed by atoms with Crippen LogP contribution in [0.4, 0.5) is 0 Å². The van der Waals surface area contributed by atoms with Gasteiger partial charge in [-0.2, -0.15) is 0 Å². The van der Waals surface area contributed by atoms with Crippen LogP contribution < -0.4 is 5.32 Å². The van der Waals surface area contributed by atoms with Crippen molar-refractivity contribution in [2.24, 2.45) is 0 Å². The number of carbonyl (C=O) groups is 1. The van der Waals surface area contributed by atoms with Gasteiger partial charge in [0.1, 0.15) is 0 Å². The Morgan fingerprint density at radius 3 is 2.45 bits per heavy atom. The second kappa shape index (κ2) is 6.65. The molecule has 0 aliphatic carbocycles. The summed E-state index contributed by atoms with van der Waals surface area (Å²) in [6, 6.07) is 10.5. The molecule has 0 unspecified atom stereocenters. The van der Waals surface area contributed by atoms with Gasteiger partial charge in [-0.05, 0) is 43.5 Å². The molecule has 0 radical (unpaired) electrons. The first-order valence-electron chi connectivity index (χ1n) is 7.64. The minimum absolute atomic E-state index is 0.0574. The molecule has 0 saturated carbocycles. The Morgan fingerprint density at radius 2 is 1.91 bits per heavy atom. The summed E-state index contributed by atoms with van der Waals surface area (Å²) in [7, 11) is 0. The number of nitrogens with zero attached hydrogens (tertiary/aromatic N) is 1. The van der Waals surface area contributed by atoms with Crippen LogP contribution in [-0.4, -0.2) is 17.0 Å². The lowest BCUT2D eigenvalue weighted by atomic mass is 10.0. The van der Waals surface area contributed by atoms with E-state index in [-0.39, 0.29) is 5.91 Å². The predicted octanol–water partition coefficient (Wildman–Crippen LogP) is 4.13. The first-order valence-corrected chi connectivity index (χ1v) is 7.64. The molecule has 0 atom stereocenters. The minimum Gasteiger partial charge on any atom is -0.349 e. The van der Waals surface area contributed by atoms with E-state index in [0.717, 1.165) is 17.1 Å². The molecule has 1 aromatic heterocycles. The van der Waals surface area contributed by atoms with Crippen LogP contribution in [0.1, 0.15) is 47.1 Å². The van der Waals surface area contributed by atoms with Gasteiger partial charge in [0.15, 0.2) is 0 Å². The number of aryl methyl sites for hydroxylation is 1. The van der Waals surface area contributed by atoms with Crippen LogP contribution in [0.15, 0.2) is 43.0 Å². The fourth-order valence-electron chi connectivity index (χ4n) is 2.66. The standard InChI is InChI=1S/C19H24N2O/c1-6-11-20-19(22)18-12-14(4)21(15(18)5)17-9-7-16(8-10-17)13(2)3/h6-10,12-13H,1,11H2,2-5H3,(H,20,22). The third kappa shape index (κ3) is 3.14.